The molecule has 1 amide bonds. The number of guanidine groups is 1. The number of carbonyl (C=O) groups excluding carboxylic acids is 1. The SMILES string of the molecule is CN=C(NCc1cccc(C(=O)NCCN(C)C)c1)N1CCS(=O)(=O)C(C)(C)C1.I. The Morgan fingerprint density at radius 2 is 1.97 bits per heavy atom. The molecule has 1 saturated heterocycles. The molecule has 1 heterocycles. The molecule has 0 aromatic heterocycles. The van der Waals surface area contributed by atoms with Crippen molar-refractivity contribution in [2.45, 2.75) is 25.1 Å². The van der Waals surface area contributed by atoms with E-state index in [0.29, 0.717) is 37.7 Å². The summed E-state index contributed by atoms with van der Waals surface area (Å²) in [5.41, 5.74) is 1.57. The first-order valence-electron chi connectivity index (χ1n) is 9.75. The smallest absolute Gasteiger partial charge is 0.251 e. The lowest BCUT2D eigenvalue weighted by Crippen LogP contribution is -2.57. The Morgan fingerprint density at radius 3 is 2.57 bits per heavy atom. The van der Waals surface area contributed by atoms with Crippen molar-refractivity contribution in [1.82, 2.24) is 20.4 Å². The number of hydrogen-bond donors (Lipinski definition) is 2. The molecule has 0 aliphatic carbocycles. The number of nitrogens with zero attached hydrogens (tertiary/aromatic N) is 3. The van der Waals surface area contributed by atoms with Crippen LogP contribution in [-0.2, 0) is 16.4 Å². The van der Waals surface area contributed by atoms with Crippen molar-refractivity contribution in [1.29, 1.82) is 0 Å². The Morgan fingerprint density at radius 1 is 1.27 bits per heavy atom. The number of nitrogens with one attached hydrogen (secondary N) is 2. The highest BCUT2D eigenvalue weighted by Gasteiger charge is 2.40. The van der Waals surface area contributed by atoms with Crippen LogP contribution in [-0.4, -0.2) is 87.9 Å². The summed E-state index contributed by atoms with van der Waals surface area (Å²) in [5, 5.41) is 6.20. The molecule has 0 bridgehead atoms. The highest BCUT2D eigenvalue weighted by Crippen LogP contribution is 2.23. The van der Waals surface area contributed by atoms with E-state index in [2.05, 4.69) is 15.6 Å². The molecule has 1 aliphatic heterocycles. The van der Waals surface area contributed by atoms with Crippen LogP contribution in [0.3, 0.4) is 0 Å². The Bertz CT molecular complexity index is 856. The second-order valence-electron chi connectivity index (χ2n) is 8.16. The minimum absolute atomic E-state index is 0. The molecule has 10 heteroatoms. The Hall–Kier alpha value is -1.40. The lowest BCUT2D eigenvalue weighted by molar-refractivity contribution is 0.0951. The molecule has 0 spiro atoms. The van der Waals surface area contributed by atoms with E-state index < -0.39 is 14.6 Å². The molecular formula is C20H34IN5O3S. The predicted molar refractivity (Wildman–Crippen MR) is 132 cm³/mol. The molecular weight excluding hydrogens is 517 g/mol. The second-order valence-corrected chi connectivity index (χ2v) is 10.9. The minimum atomic E-state index is -3.10. The van der Waals surface area contributed by atoms with E-state index in [1.807, 2.05) is 42.1 Å². The van der Waals surface area contributed by atoms with Gasteiger partial charge in [0.25, 0.3) is 5.91 Å². The monoisotopic (exact) mass is 551 g/mol. The van der Waals surface area contributed by atoms with Gasteiger partial charge in [-0.1, -0.05) is 12.1 Å². The fraction of sp³-hybridized carbons (Fsp3) is 0.600. The van der Waals surface area contributed by atoms with Crippen LogP contribution in [0, 0.1) is 0 Å². The molecule has 0 atom stereocenters. The van der Waals surface area contributed by atoms with E-state index in [4.69, 9.17) is 0 Å². The minimum Gasteiger partial charge on any atom is -0.352 e. The van der Waals surface area contributed by atoms with Gasteiger partial charge in [0, 0.05) is 45.3 Å². The standard InChI is InChI=1S/C20H33N5O3S.HI/c1-20(2)15-25(11-12-29(20,27)28)19(21-3)23-14-16-7-6-8-17(13-16)18(26)22-9-10-24(4)5;/h6-8,13H,9-12,14-15H2,1-5H3,(H,21,23)(H,22,26);1H. The largest absolute Gasteiger partial charge is 0.352 e. The van der Waals surface area contributed by atoms with Gasteiger partial charge in [-0.3, -0.25) is 9.79 Å². The molecule has 2 rings (SSSR count). The number of carbonyl (C=O) groups is 1. The normalized spacial score (nSPS) is 17.9. The molecule has 170 valence electrons. The van der Waals surface area contributed by atoms with Crippen molar-refractivity contribution in [3.05, 3.63) is 35.4 Å². The number of aliphatic imine (C=N–C) groups is 1. The van der Waals surface area contributed by atoms with Gasteiger partial charge in [-0.05, 0) is 45.6 Å². The maximum Gasteiger partial charge on any atom is 0.251 e. The maximum atomic E-state index is 12.3. The zero-order valence-electron chi connectivity index (χ0n) is 18.4. The second kappa shape index (κ2) is 11.3. The van der Waals surface area contributed by atoms with Gasteiger partial charge in [0.05, 0.1) is 10.5 Å². The average Bonchev–Trinajstić information content (AvgIpc) is 2.65. The van der Waals surface area contributed by atoms with E-state index in [1.54, 1.807) is 27.0 Å². The summed E-state index contributed by atoms with van der Waals surface area (Å²) in [6.07, 6.45) is 0. The van der Waals surface area contributed by atoms with Crippen molar-refractivity contribution >= 4 is 45.7 Å². The Balaban J connectivity index is 0.00000450. The summed E-state index contributed by atoms with van der Waals surface area (Å²) in [6.45, 7) is 6.18. The van der Waals surface area contributed by atoms with Crippen LogP contribution in [0.5, 0.6) is 0 Å². The van der Waals surface area contributed by atoms with E-state index in [9.17, 15) is 13.2 Å². The van der Waals surface area contributed by atoms with Crippen LogP contribution in [0.15, 0.2) is 29.3 Å². The number of rotatable bonds is 6. The number of likely N-dealkylation sites (N-methyl/N-ethyl adjacent to an activating group) is 1. The third-order valence-electron chi connectivity index (χ3n) is 5.04. The number of amides is 1. The first-order valence-corrected chi connectivity index (χ1v) is 11.4. The van der Waals surface area contributed by atoms with Crippen molar-refractivity contribution in [2.24, 2.45) is 4.99 Å². The summed E-state index contributed by atoms with van der Waals surface area (Å²) in [5.74, 6) is 0.679. The zero-order chi connectivity index (χ0) is 21.7. The topological polar surface area (TPSA) is 94.1 Å². The maximum absolute atomic E-state index is 12.3. The summed E-state index contributed by atoms with van der Waals surface area (Å²) < 4.78 is 23.6. The van der Waals surface area contributed by atoms with Crippen LogP contribution in [0.1, 0.15) is 29.8 Å². The molecule has 30 heavy (non-hydrogen) atoms. The number of hydrogen-bond acceptors (Lipinski definition) is 5. The van der Waals surface area contributed by atoms with Gasteiger partial charge in [0.15, 0.2) is 15.8 Å². The van der Waals surface area contributed by atoms with Crippen molar-refractivity contribution < 1.29 is 13.2 Å². The van der Waals surface area contributed by atoms with Gasteiger partial charge in [0.1, 0.15) is 0 Å². The number of benzene rings is 1. The molecule has 1 aliphatic rings. The lowest BCUT2D eigenvalue weighted by Gasteiger charge is -2.39. The summed E-state index contributed by atoms with van der Waals surface area (Å²) >= 11 is 0. The predicted octanol–water partition coefficient (Wildman–Crippen LogP) is 1.18. The Labute approximate surface area is 197 Å². The van der Waals surface area contributed by atoms with Crippen molar-refractivity contribution in [3.8, 4) is 0 Å². The fourth-order valence-corrected chi connectivity index (χ4v) is 4.52. The molecule has 1 fully saturated rings. The molecule has 0 saturated carbocycles. The van der Waals surface area contributed by atoms with Gasteiger partial charge in [-0.25, -0.2) is 8.42 Å². The van der Waals surface area contributed by atoms with Crippen LogP contribution < -0.4 is 10.6 Å². The quantitative estimate of drug-likeness (QED) is 0.314. The van der Waals surface area contributed by atoms with E-state index >= 15 is 0 Å². The summed E-state index contributed by atoms with van der Waals surface area (Å²) in [4.78, 5) is 20.6. The van der Waals surface area contributed by atoms with Gasteiger partial charge >= 0.3 is 0 Å². The average molecular weight is 551 g/mol. The van der Waals surface area contributed by atoms with Crippen LogP contribution in [0.25, 0.3) is 0 Å². The van der Waals surface area contributed by atoms with Gasteiger partial charge in [-0.15, -0.1) is 24.0 Å². The Kier molecular flexibility index (Phi) is 10.0. The number of halogens is 1. The van der Waals surface area contributed by atoms with Crippen molar-refractivity contribution in [2.75, 3.05) is 53.1 Å². The van der Waals surface area contributed by atoms with E-state index in [0.717, 1.165) is 12.1 Å². The van der Waals surface area contributed by atoms with Crippen LogP contribution in [0.2, 0.25) is 0 Å². The molecule has 1 aromatic rings. The molecule has 8 nitrogen and oxygen atoms in total. The molecule has 0 radical (unpaired) electrons. The first kappa shape index (κ1) is 26.6. The first-order chi connectivity index (χ1) is 13.6. The molecule has 0 unspecified atom stereocenters. The third kappa shape index (κ3) is 7.09. The fourth-order valence-electron chi connectivity index (χ4n) is 3.16. The summed E-state index contributed by atoms with van der Waals surface area (Å²) in [7, 11) is 2.51. The van der Waals surface area contributed by atoms with Gasteiger partial charge < -0.3 is 20.4 Å². The number of sulfone groups is 1. The van der Waals surface area contributed by atoms with E-state index in [-0.39, 0.29) is 35.6 Å². The highest BCUT2D eigenvalue weighted by molar-refractivity contribution is 14.0. The van der Waals surface area contributed by atoms with E-state index in [1.165, 1.54) is 0 Å². The third-order valence-corrected chi connectivity index (χ3v) is 7.57. The molecule has 1 aromatic carbocycles. The summed E-state index contributed by atoms with van der Waals surface area (Å²) in [6, 6.07) is 7.45. The van der Waals surface area contributed by atoms with Crippen LogP contribution in [0.4, 0.5) is 0 Å². The highest BCUT2D eigenvalue weighted by atomic mass is 127. The molecule has 2 N–H and O–H groups in total. The lowest BCUT2D eigenvalue weighted by atomic mass is 10.1. The zero-order valence-corrected chi connectivity index (χ0v) is 21.6. The van der Waals surface area contributed by atoms with Gasteiger partial charge in [-0.2, -0.15) is 0 Å². The van der Waals surface area contributed by atoms with Crippen molar-refractivity contribution in [3.63, 3.8) is 0 Å². The van der Waals surface area contributed by atoms with Crippen LogP contribution >= 0.6 is 24.0 Å². The van der Waals surface area contributed by atoms with Gasteiger partial charge in [0.2, 0.25) is 0 Å².